The third-order valence-electron chi connectivity index (χ3n) is 5.42. The van der Waals surface area contributed by atoms with Gasteiger partial charge in [0.25, 0.3) is 5.91 Å². The average molecular weight is 400 g/mol. The van der Waals surface area contributed by atoms with Crippen LogP contribution in [-0.4, -0.2) is 18.9 Å². The standard InChI is InChI=1S/C25H24N2O3/c1-17(19-8-11-22(30-2)12-9-19)26-25(29)20-10-13-23-21(14-20)15-24(28)27(23)16-18-6-4-3-5-7-18/h3-14,17H,15-16H2,1-2H3,(H,26,29)/t17-/m1/s1. The van der Waals surface area contributed by atoms with Gasteiger partial charge in [-0.25, -0.2) is 0 Å². The first-order valence-corrected chi connectivity index (χ1v) is 9.97. The molecule has 0 spiro atoms. The number of nitrogens with one attached hydrogen (secondary N) is 1. The van der Waals surface area contributed by atoms with Gasteiger partial charge in [-0.15, -0.1) is 0 Å². The van der Waals surface area contributed by atoms with Crippen molar-refractivity contribution in [1.29, 1.82) is 0 Å². The number of nitrogens with zero attached hydrogens (tertiary/aromatic N) is 1. The van der Waals surface area contributed by atoms with E-state index >= 15 is 0 Å². The number of carbonyl (C=O) groups is 2. The van der Waals surface area contributed by atoms with Gasteiger partial charge in [0, 0.05) is 11.3 Å². The zero-order valence-electron chi connectivity index (χ0n) is 17.1. The van der Waals surface area contributed by atoms with E-state index in [9.17, 15) is 9.59 Å². The van der Waals surface area contributed by atoms with E-state index in [1.807, 2.05) is 73.7 Å². The Morgan fingerprint density at radius 3 is 2.50 bits per heavy atom. The number of amides is 2. The van der Waals surface area contributed by atoms with Gasteiger partial charge >= 0.3 is 0 Å². The van der Waals surface area contributed by atoms with Crippen molar-refractivity contribution in [2.45, 2.75) is 25.9 Å². The predicted octanol–water partition coefficient (Wildman–Crippen LogP) is 4.28. The third kappa shape index (κ3) is 4.06. The van der Waals surface area contributed by atoms with Gasteiger partial charge in [-0.3, -0.25) is 9.59 Å². The molecule has 152 valence electrons. The molecule has 0 saturated carbocycles. The lowest BCUT2D eigenvalue weighted by Gasteiger charge is -2.18. The summed E-state index contributed by atoms with van der Waals surface area (Å²) in [5, 5.41) is 3.03. The molecule has 3 aromatic rings. The molecule has 0 aromatic heterocycles. The van der Waals surface area contributed by atoms with Crippen molar-refractivity contribution in [2.75, 3.05) is 12.0 Å². The molecule has 1 atom stereocenters. The fraction of sp³-hybridized carbons (Fsp3) is 0.200. The number of rotatable bonds is 6. The van der Waals surface area contributed by atoms with Gasteiger partial charge in [-0.05, 0) is 53.9 Å². The van der Waals surface area contributed by atoms with Crippen LogP contribution in [0.15, 0.2) is 72.8 Å². The highest BCUT2D eigenvalue weighted by molar-refractivity contribution is 6.03. The minimum absolute atomic E-state index is 0.0537. The summed E-state index contributed by atoms with van der Waals surface area (Å²) in [7, 11) is 1.62. The summed E-state index contributed by atoms with van der Waals surface area (Å²) in [4.78, 5) is 27.1. The van der Waals surface area contributed by atoms with Crippen molar-refractivity contribution >= 4 is 17.5 Å². The summed E-state index contributed by atoms with van der Waals surface area (Å²) < 4.78 is 5.18. The third-order valence-corrected chi connectivity index (χ3v) is 5.42. The summed E-state index contributed by atoms with van der Waals surface area (Å²) in [5.74, 6) is 0.675. The van der Waals surface area contributed by atoms with Crippen LogP contribution in [0.5, 0.6) is 5.75 Å². The topological polar surface area (TPSA) is 58.6 Å². The van der Waals surface area contributed by atoms with Gasteiger partial charge in [0.1, 0.15) is 5.75 Å². The fourth-order valence-electron chi connectivity index (χ4n) is 3.72. The van der Waals surface area contributed by atoms with Gasteiger partial charge in [-0.1, -0.05) is 42.5 Å². The number of fused-ring (bicyclic) bond motifs is 1. The fourth-order valence-corrected chi connectivity index (χ4v) is 3.72. The number of methoxy groups -OCH3 is 1. The van der Waals surface area contributed by atoms with Crippen LogP contribution < -0.4 is 15.0 Å². The second kappa shape index (κ2) is 8.41. The second-order valence-electron chi connectivity index (χ2n) is 7.45. The number of anilines is 1. The van der Waals surface area contributed by atoms with Gasteiger partial charge in [-0.2, -0.15) is 0 Å². The van der Waals surface area contributed by atoms with Gasteiger partial charge in [0.05, 0.1) is 26.1 Å². The lowest BCUT2D eigenvalue weighted by molar-refractivity contribution is -0.117. The van der Waals surface area contributed by atoms with E-state index in [4.69, 9.17) is 4.74 Å². The van der Waals surface area contributed by atoms with Crippen LogP contribution in [0.2, 0.25) is 0 Å². The van der Waals surface area contributed by atoms with Crippen molar-refractivity contribution < 1.29 is 14.3 Å². The molecule has 1 N–H and O–H groups in total. The van der Waals surface area contributed by atoms with Crippen LogP contribution in [0.4, 0.5) is 5.69 Å². The Kier molecular flexibility index (Phi) is 5.53. The summed E-state index contributed by atoms with van der Waals surface area (Å²) in [5.41, 5.74) is 4.40. The highest BCUT2D eigenvalue weighted by Crippen LogP contribution is 2.31. The molecule has 5 heteroatoms. The molecule has 0 radical (unpaired) electrons. The Morgan fingerprint density at radius 2 is 1.80 bits per heavy atom. The van der Waals surface area contributed by atoms with E-state index in [0.29, 0.717) is 18.5 Å². The number of hydrogen-bond acceptors (Lipinski definition) is 3. The van der Waals surface area contributed by atoms with Gasteiger partial charge in [0.15, 0.2) is 0 Å². The van der Waals surface area contributed by atoms with E-state index in [2.05, 4.69) is 5.32 Å². The summed E-state index contributed by atoms with van der Waals surface area (Å²) in [6.45, 7) is 2.48. The molecule has 0 aliphatic carbocycles. The Bertz CT molecular complexity index is 1060. The molecule has 0 saturated heterocycles. The first-order chi connectivity index (χ1) is 14.5. The monoisotopic (exact) mass is 400 g/mol. The quantitative estimate of drug-likeness (QED) is 0.672. The first-order valence-electron chi connectivity index (χ1n) is 9.97. The Labute approximate surface area is 176 Å². The molecule has 0 bridgehead atoms. The molecule has 5 nitrogen and oxygen atoms in total. The van der Waals surface area contributed by atoms with Crippen LogP contribution in [0.1, 0.15) is 40.0 Å². The van der Waals surface area contributed by atoms with Crippen molar-refractivity contribution in [3.8, 4) is 5.75 Å². The summed E-state index contributed by atoms with van der Waals surface area (Å²) in [6.07, 6.45) is 0.317. The zero-order valence-corrected chi connectivity index (χ0v) is 17.1. The molecule has 1 aliphatic rings. The maximum Gasteiger partial charge on any atom is 0.251 e. The lowest BCUT2D eigenvalue weighted by atomic mass is 10.1. The van der Waals surface area contributed by atoms with Gasteiger partial charge in [0.2, 0.25) is 5.91 Å². The number of carbonyl (C=O) groups excluding carboxylic acids is 2. The minimum atomic E-state index is -0.157. The van der Waals surface area contributed by atoms with E-state index in [-0.39, 0.29) is 17.9 Å². The molecule has 2 amide bonds. The Balaban J connectivity index is 1.47. The molecule has 3 aromatic carbocycles. The van der Waals surface area contributed by atoms with Crippen LogP contribution in [0.25, 0.3) is 0 Å². The summed E-state index contributed by atoms with van der Waals surface area (Å²) >= 11 is 0. The highest BCUT2D eigenvalue weighted by atomic mass is 16.5. The first kappa shape index (κ1) is 19.7. The van der Waals surface area contributed by atoms with E-state index in [1.165, 1.54) is 0 Å². The molecule has 4 rings (SSSR count). The van der Waals surface area contributed by atoms with Crippen molar-refractivity contribution in [3.63, 3.8) is 0 Å². The zero-order chi connectivity index (χ0) is 21.1. The number of hydrogen-bond donors (Lipinski definition) is 1. The van der Waals surface area contributed by atoms with Crippen LogP contribution in [0.3, 0.4) is 0 Å². The van der Waals surface area contributed by atoms with Crippen LogP contribution in [0, 0.1) is 0 Å². The Hall–Kier alpha value is -3.60. The second-order valence-corrected chi connectivity index (χ2v) is 7.45. The largest absolute Gasteiger partial charge is 0.497 e. The SMILES string of the molecule is COc1ccc([C@@H](C)NC(=O)c2ccc3c(c2)CC(=O)N3Cc2ccccc2)cc1. The summed E-state index contributed by atoms with van der Waals surface area (Å²) in [6, 6.07) is 22.9. The van der Waals surface area contributed by atoms with Crippen LogP contribution in [-0.2, 0) is 17.8 Å². The molecular formula is C25H24N2O3. The molecule has 0 unspecified atom stereocenters. The number of benzene rings is 3. The average Bonchev–Trinajstić information content (AvgIpc) is 3.08. The van der Waals surface area contributed by atoms with Crippen LogP contribution >= 0.6 is 0 Å². The smallest absolute Gasteiger partial charge is 0.251 e. The highest BCUT2D eigenvalue weighted by Gasteiger charge is 2.28. The Morgan fingerprint density at radius 1 is 1.07 bits per heavy atom. The normalized spacial score (nSPS) is 13.7. The maximum absolute atomic E-state index is 12.8. The van der Waals surface area contributed by atoms with E-state index in [1.54, 1.807) is 18.1 Å². The molecular weight excluding hydrogens is 376 g/mol. The molecule has 30 heavy (non-hydrogen) atoms. The van der Waals surface area contributed by atoms with Crippen molar-refractivity contribution in [2.24, 2.45) is 0 Å². The van der Waals surface area contributed by atoms with E-state index < -0.39 is 0 Å². The number of ether oxygens (including phenoxy) is 1. The van der Waals surface area contributed by atoms with Gasteiger partial charge < -0.3 is 15.0 Å². The predicted molar refractivity (Wildman–Crippen MR) is 117 cm³/mol. The maximum atomic E-state index is 12.8. The van der Waals surface area contributed by atoms with E-state index in [0.717, 1.165) is 28.1 Å². The van der Waals surface area contributed by atoms with Crippen molar-refractivity contribution in [3.05, 3.63) is 95.1 Å². The molecule has 1 heterocycles. The van der Waals surface area contributed by atoms with Crippen molar-refractivity contribution in [1.82, 2.24) is 5.32 Å². The lowest BCUT2D eigenvalue weighted by Crippen LogP contribution is -2.27. The molecule has 0 fully saturated rings. The minimum Gasteiger partial charge on any atom is -0.497 e. The molecule has 1 aliphatic heterocycles.